The monoisotopic (exact) mass is 397 g/mol. The zero-order valence-electron chi connectivity index (χ0n) is 16.8. The van der Waals surface area contributed by atoms with E-state index >= 15 is 0 Å². The number of likely N-dealkylation sites (tertiary alicyclic amines) is 1. The largest absolute Gasteiger partial charge is 0.381 e. The minimum absolute atomic E-state index is 0.124. The summed E-state index contributed by atoms with van der Waals surface area (Å²) < 4.78 is 5.74. The van der Waals surface area contributed by atoms with Gasteiger partial charge in [0.2, 0.25) is 0 Å². The molecule has 2 unspecified atom stereocenters. The van der Waals surface area contributed by atoms with E-state index in [2.05, 4.69) is 53.0 Å². The number of hydrogen-bond donors (Lipinski definition) is 1. The van der Waals surface area contributed by atoms with E-state index in [4.69, 9.17) is 9.72 Å². The normalized spacial score (nSPS) is 29.8. The summed E-state index contributed by atoms with van der Waals surface area (Å²) in [6.07, 6.45) is 4.92. The fraction of sp³-hybridized carbons (Fsp3) is 0.609. The molecule has 2 aromatic rings. The molecule has 1 aliphatic carbocycles. The van der Waals surface area contributed by atoms with Gasteiger partial charge in [-0.2, -0.15) is 0 Å². The Kier molecular flexibility index (Phi) is 5.26. The minimum atomic E-state index is 0.124. The van der Waals surface area contributed by atoms with E-state index in [1.54, 1.807) is 0 Å². The molecule has 28 heavy (non-hydrogen) atoms. The zero-order valence-corrected chi connectivity index (χ0v) is 17.6. The number of nitrogens with one attached hydrogen (secondary N) is 1. The maximum absolute atomic E-state index is 5.74. The van der Waals surface area contributed by atoms with Crippen LogP contribution in [0.3, 0.4) is 0 Å². The van der Waals surface area contributed by atoms with Crippen LogP contribution in [0.25, 0.3) is 11.3 Å². The van der Waals surface area contributed by atoms with Crippen LogP contribution < -0.4 is 5.32 Å². The molecule has 0 spiro atoms. The third-order valence-corrected chi connectivity index (χ3v) is 8.26. The first-order valence-electron chi connectivity index (χ1n) is 10.7. The van der Waals surface area contributed by atoms with Crippen LogP contribution in [0.4, 0.5) is 0 Å². The molecule has 2 aliphatic heterocycles. The number of thiazole rings is 1. The molecule has 1 aromatic heterocycles. The van der Waals surface area contributed by atoms with E-state index in [-0.39, 0.29) is 5.41 Å². The van der Waals surface area contributed by atoms with Gasteiger partial charge in [-0.3, -0.25) is 0 Å². The Morgan fingerprint density at radius 3 is 2.57 bits per heavy atom. The van der Waals surface area contributed by atoms with E-state index in [0.717, 1.165) is 50.1 Å². The molecule has 150 valence electrons. The van der Waals surface area contributed by atoms with Crippen LogP contribution in [-0.2, 0) is 10.2 Å². The average molecular weight is 398 g/mol. The van der Waals surface area contributed by atoms with Gasteiger partial charge in [0.15, 0.2) is 0 Å². The highest BCUT2D eigenvalue weighted by atomic mass is 32.1. The molecular weight excluding hydrogens is 366 g/mol. The van der Waals surface area contributed by atoms with Crippen molar-refractivity contribution in [2.75, 3.05) is 39.9 Å². The lowest BCUT2D eigenvalue weighted by Crippen LogP contribution is -2.53. The van der Waals surface area contributed by atoms with Gasteiger partial charge >= 0.3 is 0 Å². The van der Waals surface area contributed by atoms with Crippen molar-refractivity contribution in [2.24, 2.45) is 11.8 Å². The van der Waals surface area contributed by atoms with Gasteiger partial charge in [0.05, 0.1) is 5.69 Å². The van der Waals surface area contributed by atoms with Crippen LogP contribution in [0.1, 0.15) is 30.7 Å². The smallest absolute Gasteiger partial charge is 0.101 e. The summed E-state index contributed by atoms with van der Waals surface area (Å²) in [5.41, 5.74) is 2.46. The number of ether oxygens (including phenoxy) is 1. The topological polar surface area (TPSA) is 37.4 Å². The minimum Gasteiger partial charge on any atom is -0.381 e. The first-order chi connectivity index (χ1) is 13.7. The molecule has 3 fully saturated rings. The van der Waals surface area contributed by atoms with E-state index in [1.807, 2.05) is 11.3 Å². The maximum atomic E-state index is 5.74. The number of fused-ring (bicyclic) bond motifs is 2. The summed E-state index contributed by atoms with van der Waals surface area (Å²) in [6, 6.07) is 11.3. The van der Waals surface area contributed by atoms with Gasteiger partial charge < -0.3 is 15.0 Å². The Hall–Kier alpha value is -1.27. The Morgan fingerprint density at radius 1 is 1.14 bits per heavy atom. The SMILES string of the molecule is CN1CC2CCC(C1)C2NCC1(c2nc(-c3ccccc3)cs2)CCOCC1. The molecule has 5 heteroatoms. The molecule has 0 amide bonds. The first-order valence-corrected chi connectivity index (χ1v) is 11.6. The molecular formula is C23H31N3OS. The molecule has 3 heterocycles. The summed E-state index contributed by atoms with van der Waals surface area (Å²) in [7, 11) is 2.28. The summed E-state index contributed by atoms with van der Waals surface area (Å²) in [4.78, 5) is 7.65. The van der Waals surface area contributed by atoms with Crippen LogP contribution in [-0.4, -0.2) is 55.8 Å². The van der Waals surface area contributed by atoms with Gasteiger partial charge in [-0.25, -0.2) is 4.98 Å². The van der Waals surface area contributed by atoms with Crippen molar-refractivity contribution in [1.82, 2.24) is 15.2 Å². The molecule has 0 radical (unpaired) electrons. The van der Waals surface area contributed by atoms with Crippen molar-refractivity contribution < 1.29 is 4.74 Å². The van der Waals surface area contributed by atoms with Crippen molar-refractivity contribution in [3.05, 3.63) is 40.7 Å². The number of hydrogen-bond acceptors (Lipinski definition) is 5. The number of piperidine rings is 1. The molecule has 1 aromatic carbocycles. The Labute approximate surface area is 172 Å². The van der Waals surface area contributed by atoms with Gasteiger partial charge in [-0.1, -0.05) is 30.3 Å². The van der Waals surface area contributed by atoms with Gasteiger partial charge in [0.25, 0.3) is 0 Å². The third-order valence-electron chi connectivity index (χ3n) is 7.17. The van der Waals surface area contributed by atoms with E-state index in [9.17, 15) is 0 Å². The zero-order chi connectivity index (χ0) is 19.0. The molecule has 5 rings (SSSR count). The van der Waals surface area contributed by atoms with E-state index in [0.29, 0.717) is 6.04 Å². The molecule has 3 aliphatic rings. The second-order valence-corrected chi connectivity index (χ2v) is 9.88. The fourth-order valence-corrected chi connectivity index (χ4v) is 6.68. The fourth-order valence-electron chi connectivity index (χ4n) is 5.59. The summed E-state index contributed by atoms with van der Waals surface area (Å²) in [6.45, 7) is 5.24. The lowest BCUT2D eigenvalue weighted by molar-refractivity contribution is 0.0453. The van der Waals surface area contributed by atoms with Crippen LogP contribution in [0.15, 0.2) is 35.7 Å². The second-order valence-electron chi connectivity index (χ2n) is 9.02. The Balaban J connectivity index is 1.36. The molecule has 1 N–H and O–H groups in total. The predicted molar refractivity (Wildman–Crippen MR) is 115 cm³/mol. The van der Waals surface area contributed by atoms with E-state index < -0.39 is 0 Å². The summed E-state index contributed by atoms with van der Waals surface area (Å²) in [5, 5.41) is 7.58. The number of aromatic nitrogens is 1. The summed E-state index contributed by atoms with van der Waals surface area (Å²) >= 11 is 1.84. The number of rotatable bonds is 5. The van der Waals surface area contributed by atoms with Gasteiger partial charge in [0, 0.05) is 55.2 Å². The molecule has 2 saturated heterocycles. The first kappa shape index (κ1) is 18.7. The van der Waals surface area contributed by atoms with Crippen molar-refractivity contribution >= 4 is 11.3 Å². The highest BCUT2D eigenvalue weighted by molar-refractivity contribution is 7.10. The maximum Gasteiger partial charge on any atom is 0.101 e. The van der Waals surface area contributed by atoms with Crippen LogP contribution in [0.5, 0.6) is 0 Å². The van der Waals surface area contributed by atoms with Crippen LogP contribution >= 0.6 is 11.3 Å². The second kappa shape index (κ2) is 7.86. The van der Waals surface area contributed by atoms with E-state index in [1.165, 1.54) is 36.5 Å². The number of nitrogens with zero attached hydrogens (tertiary/aromatic N) is 2. The molecule has 2 bridgehead atoms. The van der Waals surface area contributed by atoms with Gasteiger partial charge in [0.1, 0.15) is 5.01 Å². The number of benzene rings is 1. The third kappa shape index (κ3) is 3.54. The molecule has 1 saturated carbocycles. The van der Waals surface area contributed by atoms with Gasteiger partial charge in [-0.05, 0) is 44.6 Å². The Bertz CT molecular complexity index is 772. The van der Waals surface area contributed by atoms with Gasteiger partial charge in [-0.15, -0.1) is 11.3 Å². The molecule has 2 atom stereocenters. The van der Waals surface area contributed by atoms with Crippen LogP contribution in [0.2, 0.25) is 0 Å². The quantitative estimate of drug-likeness (QED) is 0.833. The highest BCUT2D eigenvalue weighted by Gasteiger charge is 2.43. The average Bonchev–Trinajstić information content (AvgIpc) is 3.32. The highest BCUT2D eigenvalue weighted by Crippen LogP contribution is 2.40. The summed E-state index contributed by atoms with van der Waals surface area (Å²) in [5.74, 6) is 1.63. The lowest BCUT2D eigenvalue weighted by atomic mass is 9.79. The standard InChI is InChI=1S/C23H31N3OS/c1-26-13-18-7-8-19(14-26)21(18)24-16-23(9-11-27-12-10-23)22-25-20(15-28-22)17-5-3-2-4-6-17/h2-6,15,18-19,21,24H,7-14,16H2,1H3. The Morgan fingerprint density at radius 2 is 1.86 bits per heavy atom. The van der Waals surface area contributed by atoms with Crippen molar-refractivity contribution in [2.45, 2.75) is 37.1 Å². The predicted octanol–water partition coefficient (Wildman–Crippen LogP) is 3.79. The van der Waals surface area contributed by atoms with Crippen molar-refractivity contribution in [3.63, 3.8) is 0 Å². The van der Waals surface area contributed by atoms with Crippen molar-refractivity contribution in [3.8, 4) is 11.3 Å². The van der Waals surface area contributed by atoms with Crippen LogP contribution in [0, 0.1) is 11.8 Å². The lowest BCUT2D eigenvalue weighted by Gasteiger charge is -2.41. The molecule has 4 nitrogen and oxygen atoms in total. The van der Waals surface area contributed by atoms with Crippen molar-refractivity contribution in [1.29, 1.82) is 0 Å².